The van der Waals surface area contributed by atoms with Crippen molar-refractivity contribution in [1.29, 1.82) is 0 Å². The van der Waals surface area contributed by atoms with E-state index in [0.717, 1.165) is 22.4 Å². The molecule has 0 saturated heterocycles. The number of benzene rings is 1. The van der Waals surface area contributed by atoms with Gasteiger partial charge in [0.1, 0.15) is 12.3 Å². The molecule has 29 heavy (non-hydrogen) atoms. The van der Waals surface area contributed by atoms with Crippen molar-refractivity contribution in [3.8, 4) is 11.3 Å². The van der Waals surface area contributed by atoms with E-state index < -0.39 is 0 Å². The van der Waals surface area contributed by atoms with Crippen molar-refractivity contribution < 1.29 is 14.0 Å². The second-order valence-corrected chi connectivity index (χ2v) is 6.58. The number of carbonyl (C=O) groups is 2. The third-order valence-electron chi connectivity index (χ3n) is 4.38. The van der Waals surface area contributed by atoms with Crippen molar-refractivity contribution in [2.24, 2.45) is 0 Å². The lowest BCUT2D eigenvalue weighted by atomic mass is 10.1. The third-order valence-corrected chi connectivity index (χ3v) is 4.38. The molecule has 0 bridgehead atoms. The van der Waals surface area contributed by atoms with Crippen LogP contribution in [0.3, 0.4) is 0 Å². The number of aromatic nitrogens is 3. The van der Waals surface area contributed by atoms with Crippen molar-refractivity contribution in [1.82, 2.24) is 14.8 Å². The highest BCUT2D eigenvalue weighted by atomic mass is 16.3. The Morgan fingerprint density at radius 1 is 1.07 bits per heavy atom. The van der Waals surface area contributed by atoms with Crippen LogP contribution in [0.25, 0.3) is 22.4 Å². The molecule has 3 aromatic heterocycles. The van der Waals surface area contributed by atoms with E-state index in [0.29, 0.717) is 17.0 Å². The zero-order chi connectivity index (χ0) is 20.4. The smallest absolute Gasteiger partial charge is 0.246 e. The first-order chi connectivity index (χ1) is 14.0. The summed E-state index contributed by atoms with van der Waals surface area (Å²) in [5.41, 5.74) is 3.57. The molecule has 0 aliphatic carbocycles. The standard InChI is InChI=1S/C21H19N5O3/c1-13-20-17(18-4-3-11-29-18)9-10-22-21(20)26(25-13)12-19(28)24-16-7-5-15(6-8-16)23-14(2)27/h3-11H,12H2,1-2H3,(H,23,27)(H,24,28). The zero-order valence-electron chi connectivity index (χ0n) is 16.0. The van der Waals surface area contributed by atoms with Crippen LogP contribution in [0, 0.1) is 6.92 Å². The van der Waals surface area contributed by atoms with Gasteiger partial charge in [-0.05, 0) is 49.4 Å². The predicted molar refractivity (Wildman–Crippen MR) is 109 cm³/mol. The van der Waals surface area contributed by atoms with Crippen LogP contribution in [0.5, 0.6) is 0 Å². The van der Waals surface area contributed by atoms with E-state index in [9.17, 15) is 9.59 Å². The number of hydrogen-bond acceptors (Lipinski definition) is 5. The van der Waals surface area contributed by atoms with Crippen LogP contribution in [-0.2, 0) is 16.1 Å². The second-order valence-electron chi connectivity index (χ2n) is 6.58. The van der Waals surface area contributed by atoms with Crippen LogP contribution in [0.1, 0.15) is 12.6 Å². The van der Waals surface area contributed by atoms with E-state index in [-0.39, 0.29) is 18.4 Å². The number of furan rings is 1. The lowest BCUT2D eigenvalue weighted by Crippen LogP contribution is -2.19. The molecule has 0 aliphatic heterocycles. The molecule has 0 unspecified atom stereocenters. The first-order valence-corrected chi connectivity index (χ1v) is 9.05. The largest absolute Gasteiger partial charge is 0.464 e. The summed E-state index contributed by atoms with van der Waals surface area (Å²) in [4.78, 5) is 28.0. The molecule has 0 radical (unpaired) electrons. The maximum Gasteiger partial charge on any atom is 0.246 e. The van der Waals surface area contributed by atoms with Gasteiger partial charge in [-0.3, -0.25) is 9.59 Å². The summed E-state index contributed by atoms with van der Waals surface area (Å²) in [6.45, 7) is 3.34. The van der Waals surface area contributed by atoms with Crippen molar-refractivity contribution >= 4 is 34.2 Å². The molecule has 3 heterocycles. The highest BCUT2D eigenvalue weighted by Crippen LogP contribution is 2.30. The van der Waals surface area contributed by atoms with Gasteiger partial charge >= 0.3 is 0 Å². The molecular formula is C21H19N5O3. The van der Waals surface area contributed by atoms with Crippen molar-refractivity contribution in [2.45, 2.75) is 20.4 Å². The van der Waals surface area contributed by atoms with E-state index in [2.05, 4.69) is 20.7 Å². The minimum absolute atomic E-state index is 0.0202. The Bertz CT molecular complexity index is 1180. The summed E-state index contributed by atoms with van der Waals surface area (Å²) in [7, 11) is 0. The molecule has 4 aromatic rings. The minimum Gasteiger partial charge on any atom is -0.464 e. The van der Waals surface area contributed by atoms with E-state index >= 15 is 0 Å². The predicted octanol–water partition coefficient (Wildman–Crippen LogP) is 3.60. The maximum absolute atomic E-state index is 12.5. The summed E-state index contributed by atoms with van der Waals surface area (Å²) >= 11 is 0. The first-order valence-electron chi connectivity index (χ1n) is 9.05. The SMILES string of the molecule is CC(=O)Nc1ccc(NC(=O)Cn2nc(C)c3c(-c4ccco4)ccnc32)cc1. The van der Waals surface area contributed by atoms with Crippen molar-refractivity contribution in [2.75, 3.05) is 10.6 Å². The van der Waals surface area contributed by atoms with Gasteiger partial charge in [-0.25, -0.2) is 9.67 Å². The van der Waals surface area contributed by atoms with Crippen LogP contribution in [0.15, 0.2) is 59.3 Å². The Balaban J connectivity index is 1.54. The molecule has 2 N–H and O–H groups in total. The summed E-state index contributed by atoms with van der Waals surface area (Å²) < 4.78 is 7.10. The molecule has 1 aromatic carbocycles. The van der Waals surface area contributed by atoms with Gasteiger partial charge in [0.25, 0.3) is 0 Å². The van der Waals surface area contributed by atoms with Crippen LogP contribution >= 0.6 is 0 Å². The monoisotopic (exact) mass is 389 g/mol. The lowest BCUT2D eigenvalue weighted by Gasteiger charge is -2.08. The number of anilines is 2. The number of carbonyl (C=O) groups excluding carboxylic acids is 2. The normalized spacial score (nSPS) is 10.8. The average molecular weight is 389 g/mol. The number of fused-ring (bicyclic) bond motifs is 1. The number of aryl methyl sites for hydroxylation is 1. The molecule has 8 nitrogen and oxygen atoms in total. The molecule has 2 amide bonds. The molecule has 0 atom stereocenters. The van der Waals surface area contributed by atoms with Crippen LogP contribution in [0.4, 0.5) is 11.4 Å². The zero-order valence-corrected chi connectivity index (χ0v) is 16.0. The van der Waals surface area contributed by atoms with Gasteiger partial charge in [0, 0.05) is 30.1 Å². The number of rotatable bonds is 5. The van der Waals surface area contributed by atoms with Gasteiger partial charge in [0.2, 0.25) is 11.8 Å². The summed E-state index contributed by atoms with van der Waals surface area (Å²) in [6.07, 6.45) is 3.29. The minimum atomic E-state index is -0.230. The van der Waals surface area contributed by atoms with E-state index in [4.69, 9.17) is 4.42 Å². The number of nitrogens with zero attached hydrogens (tertiary/aromatic N) is 3. The average Bonchev–Trinajstić information content (AvgIpc) is 3.32. The van der Waals surface area contributed by atoms with E-state index in [1.54, 1.807) is 41.4 Å². The second kappa shape index (κ2) is 7.59. The van der Waals surface area contributed by atoms with Crippen molar-refractivity contribution in [3.63, 3.8) is 0 Å². The molecular weight excluding hydrogens is 370 g/mol. The maximum atomic E-state index is 12.5. The molecule has 0 aliphatic rings. The number of pyridine rings is 1. The van der Waals surface area contributed by atoms with E-state index in [1.165, 1.54) is 6.92 Å². The topological polar surface area (TPSA) is 102 Å². The summed E-state index contributed by atoms with van der Waals surface area (Å²) in [6, 6.07) is 12.5. The summed E-state index contributed by atoms with van der Waals surface area (Å²) in [5.74, 6) is 0.347. The number of hydrogen-bond donors (Lipinski definition) is 2. The Morgan fingerprint density at radius 3 is 2.45 bits per heavy atom. The summed E-state index contributed by atoms with van der Waals surface area (Å²) in [5, 5.41) is 10.9. The van der Waals surface area contributed by atoms with Crippen molar-refractivity contribution in [3.05, 3.63) is 60.6 Å². The Kier molecular flexibility index (Phi) is 4.82. The molecule has 0 saturated carbocycles. The number of amides is 2. The van der Waals surface area contributed by atoms with Gasteiger partial charge in [-0.2, -0.15) is 5.10 Å². The van der Waals surface area contributed by atoms with E-state index in [1.807, 2.05) is 25.1 Å². The molecule has 146 valence electrons. The fourth-order valence-electron chi connectivity index (χ4n) is 3.21. The fourth-order valence-corrected chi connectivity index (χ4v) is 3.21. The van der Waals surface area contributed by atoms with Gasteiger partial charge in [0.05, 0.1) is 17.3 Å². The van der Waals surface area contributed by atoms with Gasteiger partial charge < -0.3 is 15.1 Å². The van der Waals surface area contributed by atoms with Gasteiger partial charge in [0.15, 0.2) is 5.65 Å². The van der Waals surface area contributed by atoms with Crippen LogP contribution in [0.2, 0.25) is 0 Å². The highest BCUT2D eigenvalue weighted by molar-refractivity contribution is 5.95. The Morgan fingerprint density at radius 2 is 1.79 bits per heavy atom. The lowest BCUT2D eigenvalue weighted by molar-refractivity contribution is -0.117. The fraction of sp³-hybridized carbons (Fsp3) is 0.143. The Labute approximate surface area is 166 Å². The van der Waals surface area contributed by atoms with Crippen LogP contribution in [-0.4, -0.2) is 26.6 Å². The number of nitrogens with one attached hydrogen (secondary N) is 2. The highest BCUT2D eigenvalue weighted by Gasteiger charge is 2.17. The third kappa shape index (κ3) is 3.86. The van der Waals surface area contributed by atoms with Gasteiger partial charge in [-0.15, -0.1) is 0 Å². The van der Waals surface area contributed by atoms with Crippen LogP contribution < -0.4 is 10.6 Å². The molecule has 8 heteroatoms. The van der Waals surface area contributed by atoms with Gasteiger partial charge in [-0.1, -0.05) is 0 Å². The molecule has 0 spiro atoms. The molecule has 4 rings (SSSR count). The Hall–Kier alpha value is -3.94. The molecule has 0 fully saturated rings. The first kappa shape index (κ1) is 18.4. The quantitative estimate of drug-likeness (QED) is 0.543.